The van der Waals surface area contributed by atoms with Crippen molar-refractivity contribution in [1.29, 1.82) is 0 Å². The average molecular weight is 642 g/mol. The Kier molecular flexibility index (Phi) is 11.5. The zero-order valence-corrected chi connectivity index (χ0v) is 27.4. The van der Waals surface area contributed by atoms with Crippen molar-refractivity contribution < 1.29 is 33.3 Å². The van der Waals surface area contributed by atoms with Crippen molar-refractivity contribution in [3.05, 3.63) is 41.2 Å². The molecule has 252 valence electrons. The Morgan fingerprint density at radius 1 is 1.11 bits per heavy atom. The Hall–Kier alpha value is -3.35. The van der Waals surface area contributed by atoms with Gasteiger partial charge in [-0.15, -0.1) is 5.10 Å². The summed E-state index contributed by atoms with van der Waals surface area (Å²) in [5.74, 6) is -0.969. The second-order valence-corrected chi connectivity index (χ2v) is 13.3. The second-order valence-electron chi connectivity index (χ2n) is 13.3. The van der Waals surface area contributed by atoms with E-state index >= 15 is 4.39 Å². The quantitative estimate of drug-likeness (QED) is 0.373. The third kappa shape index (κ3) is 8.71. The number of nitrogens with zero attached hydrogens (tertiary/aromatic N) is 5. The molecule has 5 rings (SSSR count). The van der Waals surface area contributed by atoms with Crippen molar-refractivity contribution in [2.24, 2.45) is 17.8 Å². The van der Waals surface area contributed by atoms with E-state index in [4.69, 9.17) is 14.2 Å². The SMILES string of the molecule is C/C(=C\c1cc(F)c2nnn(CC3CCOCC3)c2c1)[C@H]1OC(=O)C[C@H](O)CC[C@H](C)[C@@H](OC(=O)N2CCN(C)CC2)/C=C\[C@@H]1C. The van der Waals surface area contributed by atoms with Crippen LogP contribution in [0.3, 0.4) is 0 Å². The number of esters is 1. The van der Waals surface area contributed by atoms with Crippen LogP contribution >= 0.6 is 0 Å². The van der Waals surface area contributed by atoms with Gasteiger partial charge in [0, 0.05) is 51.9 Å². The molecule has 4 heterocycles. The van der Waals surface area contributed by atoms with E-state index in [1.54, 1.807) is 9.58 Å². The van der Waals surface area contributed by atoms with Crippen molar-refractivity contribution in [1.82, 2.24) is 24.8 Å². The number of ether oxygens (including phenoxy) is 3. The maximum atomic E-state index is 15.2. The fraction of sp³-hybridized carbons (Fsp3) is 0.647. The van der Waals surface area contributed by atoms with Crippen molar-refractivity contribution in [3.8, 4) is 0 Å². The molecule has 0 spiro atoms. The fourth-order valence-electron chi connectivity index (χ4n) is 6.41. The van der Waals surface area contributed by atoms with Crippen LogP contribution in [0.5, 0.6) is 0 Å². The van der Waals surface area contributed by atoms with Crippen molar-refractivity contribution in [2.75, 3.05) is 46.4 Å². The summed E-state index contributed by atoms with van der Waals surface area (Å²) < 4.78 is 34.4. The molecule has 46 heavy (non-hydrogen) atoms. The standard InChI is InChI=1S/C34H48FN5O6/c1-22-5-7-27(41)20-31(42)46-33(23(2)6-8-30(22)45-34(43)39-13-11-38(4)12-14-39)24(3)17-26-18-28(35)32-29(19-26)40(37-36-32)21-25-9-15-44-16-10-25/h6,8,17-19,22-23,25,27,30,33,41H,5,7,9-16,20-21H2,1-4H3/b8-6-,24-17+/t22-,23-,27+,30-,33-/m0/s1. The van der Waals surface area contributed by atoms with Crippen molar-refractivity contribution >= 4 is 29.2 Å². The minimum atomic E-state index is -0.882. The van der Waals surface area contributed by atoms with E-state index in [-0.39, 0.29) is 29.9 Å². The molecule has 3 aliphatic rings. The average Bonchev–Trinajstić information content (AvgIpc) is 3.43. The predicted molar refractivity (Wildman–Crippen MR) is 171 cm³/mol. The molecule has 0 aliphatic carbocycles. The molecular formula is C34H48FN5O6. The summed E-state index contributed by atoms with van der Waals surface area (Å²) in [7, 11) is 2.03. The molecule has 3 aliphatic heterocycles. The van der Waals surface area contributed by atoms with Gasteiger partial charge in [0.15, 0.2) is 5.82 Å². The lowest BCUT2D eigenvalue weighted by molar-refractivity contribution is -0.151. The number of aliphatic hydroxyl groups is 1. The van der Waals surface area contributed by atoms with Crippen LogP contribution in [-0.4, -0.2) is 107 Å². The van der Waals surface area contributed by atoms with E-state index in [0.717, 1.165) is 25.9 Å². The van der Waals surface area contributed by atoms with Crippen LogP contribution < -0.4 is 0 Å². The highest BCUT2D eigenvalue weighted by atomic mass is 19.1. The Morgan fingerprint density at radius 2 is 1.85 bits per heavy atom. The first-order valence-corrected chi connectivity index (χ1v) is 16.6. The molecule has 1 N–H and O–H groups in total. The minimum absolute atomic E-state index is 0.0747. The Bertz CT molecular complexity index is 1410. The number of halogens is 1. The zero-order valence-electron chi connectivity index (χ0n) is 27.4. The van der Waals surface area contributed by atoms with E-state index in [0.29, 0.717) is 68.3 Å². The van der Waals surface area contributed by atoms with Crippen LogP contribution in [0.1, 0.15) is 58.4 Å². The van der Waals surface area contributed by atoms with Gasteiger partial charge in [0.2, 0.25) is 0 Å². The third-order valence-electron chi connectivity index (χ3n) is 9.47. The molecule has 12 heteroatoms. The highest BCUT2D eigenvalue weighted by Gasteiger charge is 2.29. The van der Waals surface area contributed by atoms with E-state index in [1.165, 1.54) is 6.07 Å². The van der Waals surface area contributed by atoms with Gasteiger partial charge in [0.25, 0.3) is 0 Å². The summed E-state index contributed by atoms with van der Waals surface area (Å²) in [6, 6.07) is 3.27. The topological polar surface area (TPSA) is 119 Å². The maximum absolute atomic E-state index is 15.2. The number of cyclic esters (lactones) is 1. The van der Waals surface area contributed by atoms with E-state index < -0.39 is 30.1 Å². The first kappa shape index (κ1) is 34.0. The summed E-state index contributed by atoms with van der Waals surface area (Å²) in [6.07, 6.45) is 5.81. The zero-order chi connectivity index (χ0) is 32.8. The van der Waals surface area contributed by atoms with E-state index in [9.17, 15) is 14.7 Å². The number of rotatable bonds is 5. The molecule has 5 atom stereocenters. The molecular weight excluding hydrogens is 593 g/mol. The Labute approximate surface area is 270 Å². The number of amides is 1. The Morgan fingerprint density at radius 3 is 2.59 bits per heavy atom. The summed E-state index contributed by atoms with van der Waals surface area (Å²) in [5.41, 5.74) is 2.13. The minimum Gasteiger partial charge on any atom is -0.457 e. The Balaban J connectivity index is 1.38. The normalized spacial score (nSPS) is 28.7. The number of likely N-dealkylation sites (N-methyl/N-ethyl adjacent to an activating group) is 1. The van der Waals surface area contributed by atoms with Gasteiger partial charge >= 0.3 is 12.1 Å². The monoisotopic (exact) mass is 641 g/mol. The molecule has 1 aromatic heterocycles. The van der Waals surface area contributed by atoms with Gasteiger partial charge in [-0.1, -0.05) is 31.2 Å². The van der Waals surface area contributed by atoms with Gasteiger partial charge in [0.05, 0.1) is 18.0 Å². The number of carbonyl (C=O) groups excluding carboxylic acids is 2. The fourth-order valence-corrected chi connectivity index (χ4v) is 6.41. The second kappa shape index (κ2) is 15.5. The molecule has 2 saturated heterocycles. The molecule has 2 fully saturated rings. The first-order valence-electron chi connectivity index (χ1n) is 16.6. The molecule has 0 unspecified atom stereocenters. The number of fused-ring (bicyclic) bond motifs is 1. The smallest absolute Gasteiger partial charge is 0.410 e. The van der Waals surface area contributed by atoms with E-state index in [2.05, 4.69) is 15.2 Å². The highest BCUT2D eigenvalue weighted by molar-refractivity contribution is 5.79. The van der Waals surface area contributed by atoms with Gasteiger partial charge in [-0.05, 0) is 80.8 Å². The molecule has 0 saturated carbocycles. The lowest BCUT2D eigenvalue weighted by Gasteiger charge is -2.33. The maximum Gasteiger partial charge on any atom is 0.410 e. The van der Waals surface area contributed by atoms with Gasteiger partial charge in [-0.3, -0.25) is 4.79 Å². The van der Waals surface area contributed by atoms with Crippen molar-refractivity contribution in [2.45, 2.75) is 77.7 Å². The number of hydrogen-bond acceptors (Lipinski definition) is 9. The number of benzene rings is 1. The van der Waals surface area contributed by atoms with Gasteiger partial charge in [-0.25, -0.2) is 13.9 Å². The summed E-state index contributed by atoms with van der Waals surface area (Å²) in [4.78, 5) is 29.9. The lowest BCUT2D eigenvalue weighted by Crippen LogP contribution is -2.48. The third-order valence-corrected chi connectivity index (χ3v) is 9.47. The molecule has 11 nitrogen and oxygen atoms in total. The highest BCUT2D eigenvalue weighted by Crippen LogP contribution is 2.28. The van der Waals surface area contributed by atoms with Crippen LogP contribution in [0.15, 0.2) is 29.9 Å². The summed E-state index contributed by atoms with van der Waals surface area (Å²) >= 11 is 0. The van der Waals surface area contributed by atoms with Crippen LogP contribution in [0.25, 0.3) is 17.1 Å². The number of aromatic nitrogens is 3. The molecule has 1 aromatic carbocycles. The van der Waals surface area contributed by atoms with Crippen LogP contribution in [0.2, 0.25) is 0 Å². The van der Waals surface area contributed by atoms with E-state index in [1.807, 2.05) is 52.1 Å². The molecule has 0 radical (unpaired) electrons. The number of hydrogen-bond donors (Lipinski definition) is 1. The van der Waals surface area contributed by atoms with Crippen LogP contribution in [-0.2, 0) is 25.5 Å². The van der Waals surface area contributed by atoms with Gasteiger partial charge in [0.1, 0.15) is 17.7 Å². The predicted octanol–water partition coefficient (Wildman–Crippen LogP) is 4.44. The van der Waals surface area contributed by atoms with Gasteiger partial charge in [-0.2, -0.15) is 0 Å². The summed E-state index contributed by atoms with van der Waals surface area (Å²) in [5, 5.41) is 19.0. The van der Waals surface area contributed by atoms with Gasteiger partial charge < -0.3 is 29.1 Å². The number of piperazine rings is 1. The lowest BCUT2D eigenvalue weighted by atomic mass is 9.91. The van der Waals surface area contributed by atoms with Crippen molar-refractivity contribution in [3.63, 3.8) is 0 Å². The molecule has 1 amide bonds. The molecule has 2 aromatic rings. The summed E-state index contributed by atoms with van der Waals surface area (Å²) in [6.45, 7) is 10.6. The largest absolute Gasteiger partial charge is 0.457 e. The van der Waals surface area contributed by atoms with Crippen LogP contribution in [0.4, 0.5) is 9.18 Å². The molecule has 0 bridgehead atoms. The number of aliphatic hydroxyl groups excluding tert-OH is 1. The number of carbonyl (C=O) groups is 2. The first-order chi connectivity index (χ1) is 22.1. The van der Waals surface area contributed by atoms with Crippen LogP contribution in [0, 0.1) is 23.6 Å².